The quantitative estimate of drug-likeness (QED) is 0.860. The summed E-state index contributed by atoms with van der Waals surface area (Å²) in [5, 5.41) is 6.24. The maximum absolute atomic E-state index is 6.07. The molecule has 1 heterocycles. The van der Waals surface area contributed by atoms with Gasteiger partial charge in [-0.15, -0.1) is 0 Å². The molecule has 1 aromatic carbocycles. The third-order valence-electron chi connectivity index (χ3n) is 2.04. The number of aromatic nitrogens is 2. The van der Waals surface area contributed by atoms with E-state index in [-0.39, 0.29) is 0 Å². The van der Waals surface area contributed by atoms with E-state index in [1.807, 2.05) is 6.07 Å². The second-order valence-corrected chi connectivity index (χ2v) is 3.74. The van der Waals surface area contributed by atoms with Gasteiger partial charge >= 0.3 is 0 Å². The van der Waals surface area contributed by atoms with Gasteiger partial charge in [-0.2, -0.15) is 5.10 Å². The van der Waals surface area contributed by atoms with E-state index in [0.29, 0.717) is 23.1 Å². The fourth-order valence-electron chi connectivity index (χ4n) is 1.40. The normalized spacial score (nSPS) is 11.1. The first-order valence-corrected chi connectivity index (χ1v) is 4.99. The van der Waals surface area contributed by atoms with Crippen molar-refractivity contribution in [2.24, 2.45) is 5.73 Å². The number of fused-ring (bicyclic) bond motifs is 1. The predicted octanol–water partition coefficient (Wildman–Crippen LogP) is 2.30. The van der Waals surface area contributed by atoms with Crippen LogP contribution in [0.4, 0.5) is 0 Å². The zero-order valence-corrected chi connectivity index (χ0v) is 8.89. The first-order chi connectivity index (χ1) is 6.74. The number of halogens is 2. The standard InChI is InChI=1S/C9H9Cl2N3/c10-7-2-1-6-5-13-14(4-3-12)9(6)8(7)11/h1-2,5H,3-4,12H2. The Morgan fingerprint density at radius 2 is 2.14 bits per heavy atom. The Balaban J connectivity index is 2.69. The average Bonchev–Trinajstić information content (AvgIpc) is 2.57. The maximum atomic E-state index is 6.07. The van der Waals surface area contributed by atoms with E-state index in [0.717, 1.165) is 10.9 Å². The number of hydrogen-bond acceptors (Lipinski definition) is 2. The molecule has 0 saturated carbocycles. The lowest BCUT2D eigenvalue weighted by molar-refractivity contribution is 0.646. The minimum Gasteiger partial charge on any atom is -0.329 e. The molecule has 0 unspecified atom stereocenters. The van der Waals surface area contributed by atoms with Gasteiger partial charge in [0.05, 0.1) is 28.3 Å². The SMILES string of the molecule is NCCn1ncc2ccc(Cl)c(Cl)c21. The zero-order valence-electron chi connectivity index (χ0n) is 7.37. The van der Waals surface area contributed by atoms with Crippen molar-refractivity contribution in [1.82, 2.24) is 9.78 Å². The molecule has 5 heteroatoms. The molecule has 1 aromatic heterocycles. The second kappa shape index (κ2) is 3.77. The minimum atomic E-state index is 0.527. The molecule has 0 atom stereocenters. The fourth-order valence-corrected chi connectivity index (χ4v) is 1.82. The summed E-state index contributed by atoms with van der Waals surface area (Å²) in [6.07, 6.45) is 1.76. The minimum absolute atomic E-state index is 0.527. The summed E-state index contributed by atoms with van der Waals surface area (Å²) in [6, 6.07) is 3.66. The predicted molar refractivity (Wildman–Crippen MR) is 58.8 cm³/mol. The topological polar surface area (TPSA) is 43.8 Å². The first-order valence-electron chi connectivity index (χ1n) is 4.23. The van der Waals surface area contributed by atoms with Crippen LogP contribution in [-0.2, 0) is 6.54 Å². The number of rotatable bonds is 2. The highest BCUT2D eigenvalue weighted by atomic mass is 35.5. The van der Waals surface area contributed by atoms with Gasteiger partial charge in [-0.25, -0.2) is 0 Å². The Hall–Kier alpha value is -0.770. The number of nitrogens with two attached hydrogens (primary N) is 1. The lowest BCUT2D eigenvalue weighted by Gasteiger charge is -2.03. The monoisotopic (exact) mass is 229 g/mol. The van der Waals surface area contributed by atoms with Crippen LogP contribution in [0.5, 0.6) is 0 Å². The molecule has 14 heavy (non-hydrogen) atoms. The van der Waals surface area contributed by atoms with E-state index in [1.165, 1.54) is 0 Å². The van der Waals surface area contributed by atoms with Gasteiger partial charge in [0.2, 0.25) is 0 Å². The summed E-state index contributed by atoms with van der Waals surface area (Å²) in [7, 11) is 0. The smallest absolute Gasteiger partial charge is 0.0884 e. The molecule has 0 radical (unpaired) electrons. The van der Waals surface area contributed by atoms with Crippen molar-refractivity contribution in [1.29, 1.82) is 0 Å². The number of hydrogen-bond donors (Lipinski definition) is 1. The van der Waals surface area contributed by atoms with Gasteiger partial charge in [-0.05, 0) is 12.1 Å². The van der Waals surface area contributed by atoms with Crippen LogP contribution in [0.2, 0.25) is 10.0 Å². The maximum Gasteiger partial charge on any atom is 0.0884 e. The molecule has 0 aliphatic carbocycles. The highest BCUT2D eigenvalue weighted by Crippen LogP contribution is 2.30. The molecule has 74 valence electrons. The molecule has 2 rings (SSSR count). The number of benzene rings is 1. The van der Waals surface area contributed by atoms with E-state index in [1.54, 1.807) is 16.9 Å². The highest BCUT2D eigenvalue weighted by molar-refractivity contribution is 6.45. The molecular formula is C9H9Cl2N3. The van der Waals surface area contributed by atoms with Crippen LogP contribution in [0.15, 0.2) is 18.3 Å². The lowest BCUT2D eigenvalue weighted by atomic mass is 10.2. The van der Waals surface area contributed by atoms with E-state index >= 15 is 0 Å². The van der Waals surface area contributed by atoms with E-state index in [9.17, 15) is 0 Å². The molecule has 2 aromatic rings. The van der Waals surface area contributed by atoms with Crippen molar-refractivity contribution < 1.29 is 0 Å². The molecule has 3 nitrogen and oxygen atoms in total. The summed E-state index contributed by atoms with van der Waals surface area (Å²) in [4.78, 5) is 0. The first kappa shape index (κ1) is 9.77. The van der Waals surface area contributed by atoms with E-state index < -0.39 is 0 Å². The van der Waals surface area contributed by atoms with E-state index in [4.69, 9.17) is 28.9 Å². The highest BCUT2D eigenvalue weighted by Gasteiger charge is 2.08. The molecule has 2 N–H and O–H groups in total. The van der Waals surface area contributed by atoms with Crippen molar-refractivity contribution in [3.8, 4) is 0 Å². The van der Waals surface area contributed by atoms with Crippen molar-refractivity contribution in [3.05, 3.63) is 28.4 Å². The van der Waals surface area contributed by atoms with Crippen LogP contribution in [0.3, 0.4) is 0 Å². The molecule has 0 amide bonds. The van der Waals surface area contributed by atoms with Crippen molar-refractivity contribution in [2.75, 3.05) is 6.54 Å². The number of nitrogens with zero attached hydrogens (tertiary/aromatic N) is 2. The van der Waals surface area contributed by atoms with Crippen LogP contribution in [0, 0.1) is 0 Å². The molecule has 0 saturated heterocycles. The summed E-state index contributed by atoms with van der Waals surface area (Å²) in [5.41, 5.74) is 6.31. The largest absolute Gasteiger partial charge is 0.329 e. The third-order valence-corrected chi connectivity index (χ3v) is 2.83. The Morgan fingerprint density at radius 3 is 2.86 bits per heavy atom. The Labute approximate surface area is 91.4 Å². The molecule has 0 aliphatic heterocycles. The zero-order chi connectivity index (χ0) is 10.1. The average molecular weight is 230 g/mol. The van der Waals surface area contributed by atoms with Crippen LogP contribution >= 0.6 is 23.2 Å². The van der Waals surface area contributed by atoms with Crippen LogP contribution in [-0.4, -0.2) is 16.3 Å². The van der Waals surface area contributed by atoms with Crippen LogP contribution < -0.4 is 5.73 Å². The van der Waals surface area contributed by atoms with Crippen molar-refractivity contribution >= 4 is 34.1 Å². The summed E-state index contributed by atoms with van der Waals surface area (Å²) >= 11 is 12.0. The Kier molecular flexibility index (Phi) is 2.63. The van der Waals surface area contributed by atoms with Gasteiger partial charge in [-0.1, -0.05) is 23.2 Å². The molecule has 0 spiro atoms. The molecule has 0 bridgehead atoms. The van der Waals surface area contributed by atoms with Gasteiger partial charge in [0, 0.05) is 11.9 Å². The van der Waals surface area contributed by atoms with Crippen LogP contribution in [0.25, 0.3) is 10.9 Å². The van der Waals surface area contributed by atoms with Gasteiger partial charge in [-0.3, -0.25) is 4.68 Å². The molecule has 0 fully saturated rings. The van der Waals surface area contributed by atoms with Crippen LogP contribution in [0.1, 0.15) is 0 Å². The van der Waals surface area contributed by atoms with Crippen molar-refractivity contribution in [2.45, 2.75) is 6.54 Å². The van der Waals surface area contributed by atoms with Gasteiger partial charge in [0.1, 0.15) is 0 Å². The fraction of sp³-hybridized carbons (Fsp3) is 0.222. The summed E-state index contributed by atoms with van der Waals surface area (Å²) in [6.45, 7) is 1.17. The second-order valence-electron chi connectivity index (χ2n) is 2.96. The summed E-state index contributed by atoms with van der Waals surface area (Å²) < 4.78 is 1.77. The van der Waals surface area contributed by atoms with Gasteiger partial charge < -0.3 is 5.73 Å². The van der Waals surface area contributed by atoms with E-state index in [2.05, 4.69) is 5.10 Å². The Bertz CT molecular complexity index is 464. The Morgan fingerprint density at radius 1 is 1.36 bits per heavy atom. The van der Waals surface area contributed by atoms with Gasteiger partial charge in [0.15, 0.2) is 0 Å². The summed E-state index contributed by atoms with van der Waals surface area (Å²) in [5.74, 6) is 0. The van der Waals surface area contributed by atoms with Gasteiger partial charge in [0.25, 0.3) is 0 Å². The molecule has 0 aliphatic rings. The molecular weight excluding hydrogens is 221 g/mol. The van der Waals surface area contributed by atoms with Crippen molar-refractivity contribution in [3.63, 3.8) is 0 Å². The third kappa shape index (κ3) is 1.47. The lowest BCUT2D eigenvalue weighted by Crippen LogP contribution is -2.10.